The van der Waals surface area contributed by atoms with Crippen molar-refractivity contribution < 1.29 is 14.4 Å². The third-order valence-electron chi connectivity index (χ3n) is 5.67. The molecule has 3 N–H and O–H groups in total. The van der Waals surface area contributed by atoms with Gasteiger partial charge in [-0.2, -0.15) is 0 Å². The van der Waals surface area contributed by atoms with E-state index in [-0.39, 0.29) is 17.2 Å². The zero-order valence-electron chi connectivity index (χ0n) is 19.6. The molecule has 0 bridgehead atoms. The van der Waals surface area contributed by atoms with Gasteiger partial charge < -0.3 is 15.5 Å². The van der Waals surface area contributed by atoms with Crippen LogP contribution >= 0.6 is 11.3 Å². The summed E-state index contributed by atoms with van der Waals surface area (Å²) in [4.78, 5) is 41.3. The van der Waals surface area contributed by atoms with Gasteiger partial charge in [0.1, 0.15) is 10.5 Å². The molecule has 8 heteroatoms. The largest absolute Gasteiger partial charge is 0.352 e. The molecule has 3 rings (SSSR count). The summed E-state index contributed by atoms with van der Waals surface area (Å²) in [5.74, 6) is -0.451. The Kier molecular flexibility index (Phi) is 6.64. The number of urea groups is 1. The number of amides is 4. The topological polar surface area (TPSA) is 90.5 Å². The molecular formula is C24H32N4O3S. The fraction of sp³-hybridized carbons (Fsp3) is 0.458. The molecule has 1 saturated heterocycles. The van der Waals surface area contributed by atoms with Crippen molar-refractivity contribution in [1.82, 2.24) is 10.2 Å². The maximum atomic E-state index is 13.5. The van der Waals surface area contributed by atoms with Gasteiger partial charge in [0.15, 0.2) is 0 Å². The number of piperazine rings is 1. The van der Waals surface area contributed by atoms with Crippen molar-refractivity contribution in [2.24, 2.45) is 0 Å². The lowest BCUT2D eigenvalue weighted by molar-refractivity contribution is -0.133. The Balaban J connectivity index is 1.92. The summed E-state index contributed by atoms with van der Waals surface area (Å²) in [7, 11) is 0. The lowest BCUT2D eigenvalue weighted by Gasteiger charge is -2.41. The first-order valence-corrected chi connectivity index (χ1v) is 11.7. The van der Waals surface area contributed by atoms with Gasteiger partial charge >= 0.3 is 6.03 Å². The van der Waals surface area contributed by atoms with Crippen LogP contribution in [-0.4, -0.2) is 41.4 Å². The monoisotopic (exact) mass is 456 g/mol. The van der Waals surface area contributed by atoms with Crippen LogP contribution in [0.5, 0.6) is 0 Å². The smallest absolute Gasteiger partial charge is 0.324 e. The van der Waals surface area contributed by atoms with Gasteiger partial charge in [0.05, 0.1) is 5.56 Å². The van der Waals surface area contributed by atoms with Crippen LogP contribution in [0.25, 0.3) is 0 Å². The minimum Gasteiger partial charge on any atom is -0.352 e. The molecule has 32 heavy (non-hydrogen) atoms. The van der Waals surface area contributed by atoms with E-state index in [1.54, 1.807) is 18.7 Å². The van der Waals surface area contributed by atoms with Crippen LogP contribution in [0.15, 0.2) is 30.3 Å². The average Bonchev–Trinajstić information content (AvgIpc) is 3.14. The SMILES string of the molecule is CCc1ccccc1NC(=O)Nc1sc(C(C)(C)C)cc1C(=O)N1CCNC(=O)C1(C)C. The van der Waals surface area contributed by atoms with Crippen molar-refractivity contribution in [3.8, 4) is 0 Å². The molecule has 4 amide bonds. The predicted molar refractivity (Wildman–Crippen MR) is 130 cm³/mol. The standard InChI is InChI=1S/C24H32N4O3S/c1-7-15-10-8-9-11-17(15)26-22(31)27-19-16(14-18(32-19)23(2,3)4)20(29)28-13-12-25-21(30)24(28,5)6/h8-11,14H,7,12-13H2,1-6H3,(H,25,30)(H2,26,27,31). The number of para-hydroxylation sites is 1. The quantitative estimate of drug-likeness (QED) is 0.628. The van der Waals surface area contributed by atoms with Gasteiger partial charge in [-0.1, -0.05) is 45.9 Å². The Morgan fingerprint density at radius 3 is 2.53 bits per heavy atom. The van der Waals surface area contributed by atoms with Crippen LogP contribution in [0.3, 0.4) is 0 Å². The molecule has 7 nitrogen and oxygen atoms in total. The van der Waals surface area contributed by atoms with Crippen LogP contribution in [0.1, 0.15) is 62.3 Å². The molecule has 1 aliphatic rings. The summed E-state index contributed by atoms with van der Waals surface area (Å²) < 4.78 is 0. The lowest BCUT2D eigenvalue weighted by Crippen LogP contribution is -2.63. The number of aryl methyl sites for hydroxylation is 1. The number of benzene rings is 1. The second kappa shape index (κ2) is 8.94. The normalized spacial score (nSPS) is 15.8. The van der Waals surface area contributed by atoms with E-state index in [0.29, 0.717) is 23.7 Å². The first kappa shape index (κ1) is 23.8. The molecule has 1 aromatic heterocycles. The van der Waals surface area contributed by atoms with Crippen molar-refractivity contribution in [3.63, 3.8) is 0 Å². The second-order valence-electron chi connectivity index (χ2n) is 9.46. The zero-order valence-corrected chi connectivity index (χ0v) is 20.4. The second-order valence-corrected chi connectivity index (χ2v) is 10.5. The molecule has 0 spiro atoms. The number of nitrogens with zero attached hydrogens (tertiary/aromatic N) is 1. The van der Waals surface area contributed by atoms with Crippen LogP contribution in [0.4, 0.5) is 15.5 Å². The number of hydrogen-bond acceptors (Lipinski definition) is 4. The number of nitrogens with one attached hydrogen (secondary N) is 3. The lowest BCUT2D eigenvalue weighted by atomic mass is 9.93. The van der Waals surface area contributed by atoms with E-state index in [1.165, 1.54) is 11.3 Å². The third-order valence-corrected chi connectivity index (χ3v) is 7.15. The first-order valence-electron chi connectivity index (χ1n) is 10.9. The summed E-state index contributed by atoms with van der Waals surface area (Å²) in [6, 6.07) is 9.06. The highest BCUT2D eigenvalue weighted by Gasteiger charge is 2.42. The maximum absolute atomic E-state index is 13.5. The Hall–Kier alpha value is -2.87. The first-order chi connectivity index (χ1) is 14.9. The molecule has 0 unspecified atom stereocenters. The molecule has 1 aliphatic heterocycles. The average molecular weight is 457 g/mol. The molecule has 0 radical (unpaired) electrons. The van der Waals surface area contributed by atoms with E-state index in [4.69, 9.17) is 0 Å². The van der Waals surface area contributed by atoms with Crippen LogP contribution in [0.2, 0.25) is 0 Å². The predicted octanol–water partition coefficient (Wildman–Crippen LogP) is 4.60. The summed E-state index contributed by atoms with van der Waals surface area (Å²) in [5.41, 5.74) is 1.00. The van der Waals surface area contributed by atoms with E-state index >= 15 is 0 Å². The Morgan fingerprint density at radius 2 is 1.88 bits per heavy atom. The molecule has 2 heterocycles. The number of hydrogen-bond donors (Lipinski definition) is 3. The molecule has 0 saturated carbocycles. The number of carbonyl (C=O) groups is 3. The molecule has 1 aromatic carbocycles. The van der Waals surface area contributed by atoms with E-state index in [2.05, 4.69) is 36.7 Å². The highest BCUT2D eigenvalue weighted by molar-refractivity contribution is 7.16. The summed E-state index contributed by atoms with van der Waals surface area (Å²) in [6.07, 6.45) is 0.791. The highest BCUT2D eigenvalue weighted by Crippen LogP contribution is 2.37. The van der Waals surface area contributed by atoms with Gasteiger partial charge in [0, 0.05) is 23.7 Å². The number of anilines is 2. The Bertz CT molecular complexity index is 1040. The van der Waals surface area contributed by atoms with Crippen molar-refractivity contribution in [1.29, 1.82) is 0 Å². The molecular weight excluding hydrogens is 424 g/mol. The van der Waals surface area contributed by atoms with E-state index in [9.17, 15) is 14.4 Å². The minimum absolute atomic E-state index is 0.188. The molecule has 1 fully saturated rings. The van der Waals surface area contributed by atoms with Crippen molar-refractivity contribution in [2.45, 2.75) is 58.9 Å². The molecule has 172 valence electrons. The fourth-order valence-electron chi connectivity index (χ4n) is 3.62. The van der Waals surface area contributed by atoms with Crippen LogP contribution in [-0.2, 0) is 16.6 Å². The third kappa shape index (κ3) is 4.80. The van der Waals surface area contributed by atoms with E-state index in [1.807, 2.05) is 37.3 Å². The highest BCUT2D eigenvalue weighted by atomic mass is 32.1. The molecule has 2 aromatic rings. The summed E-state index contributed by atoms with van der Waals surface area (Å²) >= 11 is 1.39. The number of rotatable bonds is 4. The van der Waals surface area contributed by atoms with E-state index in [0.717, 1.165) is 22.5 Å². The van der Waals surface area contributed by atoms with Crippen molar-refractivity contribution in [3.05, 3.63) is 46.3 Å². The summed E-state index contributed by atoms with van der Waals surface area (Å²) in [6.45, 7) is 12.5. The van der Waals surface area contributed by atoms with Gasteiger partial charge in [-0.05, 0) is 43.4 Å². The van der Waals surface area contributed by atoms with Crippen molar-refractivity contribution in [2.75, 3.05) is 23.7 Å². The Labute approximate surface area is 193 Å². The van der Waals surface area contributed by atoms with Gasteiger partial charge in [-0.25, -0.2) is 4.79 Å². The Morgan fingerprint density at radius 1 is 1.19 bits per heavy atom. The fourth-order valence-corrected chi connectivity index (χ4v) is 4.72. The number of thiophene rings is 1. The van der Waals surface area contributed by atoms with Crippen LogP contribution < -0.4 is 16.0 Å². The zero-order chi connectivity index (χ0) is 23.7. The molecule has 0 atom stereocenters. The van der Waals surface area contributed by atoms with Crippen LogP contribution in [0, 0.1) is 0 Å². The maximum Gasteiger partial charge on any atom is 0.324 e. The van der Waals surface area contributed by atoms with Gasteiger partial charge in [0.2, 0.25) is 5.91 Å². The number of carbonyl (C=O) groups excluding carboxylic acids is 3. The minimum atomic E-state index is -0.973. The molecule has 0 aliphatic carbocycles. The van der Waals surface area contributed by atoms with Gasteiger partial charge in [-0.3, -0.25) is 14.9 Å². The summed E-state index contributed by atoms with van der Waals surface area (Å²) in [5, 5.41) is 9.07. The van der Waals surface area contributed by atoms with Gasteiger partial charge in [-0.15, -0.1) is 11.3 Å². The van der Waals surface area contributed by atoms with Gasteiger partial charge in [0.25, 0.3) is 5.91 Å². The van der Waals surface area contributed by atoms with E-state index < -0.39 is 11.6 Å². The van der Waals surface area contributed by atoms with Crippen molar-refractivity contribution >= 4 is 39.9 Å².